The molecule has 0 unspecified atom stereocenters. The highest BCUT2D eigenvalue weighted by Gasteiger charge is 2.25. The number of aromatic amines is 1. The van der Waals surface area contributed by atoms with E-state index in [1.165, 1.54) is 0 Å². The molecular formula is C11H15BN2O2. The Morgan fingerprint density at radius 1 is 1.25 bits per heavy atom. The van der Waals surface area contributed by atoms with Crippen LogP contribution in [0.1, 0.15) is 26.3 Å². The summed E-state index contributed by atoms with van der Waals surface area (Å²) >= 11 is 0. The van der Waals surface area contributed by atoms with Crippen LogP contribution in [0.5, 0.6) is 0 Å². The predicted molar refractivity (Wildman–Crippen MR) is 64.6 cm³/mol. The molecule has 0 aliphatic rings. The summed E-state index contributed by atoms with van der Waals surface area (Å²) in [6, 6.07) is 3.70. The van der Waals surface area contributed by atoms with Gasteiger partial charge in [-0.1, -0.05) is 20.8 Å². The van der Waals surface area contributed by atoms with Crippen LogP contribution in [0.15, 0.2) is 18.3 Å². The van der Waals surface area contributed by atoms with Gasteiger partial charge in [0.05, 0.1) is 11.7 Å². The molecule has 0 fully saturated rings. The number of H-pyrrole nitrogens is 1. The number of hydrogen-bond donors (Lipinski definition) is 3. The molecular weight excluding hydrogens is 203 g/mol. The van der Waals surface area contributed by atoms with Crippen molar-refractivity contribution in [1.82, 2.24) is 10.2 Å². The van der Waals surface area contributed by atoms with Gasteiger partial charge in [-0.15, -0.1) is 0 Å². The molecule has 1 aromatic heterocycles. The maximum Gasteiger partial charge on any atom is 0.488 e. The van der Waals surface area contributed by atoms with Crippen LogP contribution in [-0.2, 0) is 5.41 Å². The van der Waals surface area contributed by atoms with Gasteiger partial charge in [0.2, 0.25) is 0 Å². The highest BCUT2D eigenvalue weighted by molar-refractivity contribution is 6.59. The van der Waals surface area contributed by atoms with Crippen molar-refractivity contribution in [3.8, 4) is 0 Å². The van der Waals surface area contributed by atoms with Gasteiger partial charge in [0, 0.05) is 5.39 Å². The first-order valence-corrected chi connectivity index (χ1v) is 5.23. The van der Waals surface area contributed by atoms with Crippen LogP contribution < -0.4 is 5.46 Å². The van der Waals surface area contributed by atoms with E-state index in [1.807, 2.05) is 26.8 Å². The molecule has 0 bridgehead atoms. The van der Waals surface area contributed by atoms with E-state index in [-0.39, 0.29) is 5.41 Å². The lowest BCUT2D eigenvalue weighted by Gasteiger charge is -2.23. The number of nitrogens with one attached hydrogen (secondary N) is 1. The van der Waals surface area contributed by atoms with Gasteiger partial charge >= 0.3 is 7.12 Å². The van der Waals surface area contributed by atoms with Crippen LogP contribution >= 0.6 is 0 Å². The molecule has 0 amide bonds. The number of benzene rings is 1. The Morgan fingerprint density at radius 2 is 1.94 bits per heavy atom. The fourth-order valence-electron chi connectivity index (χ4n) is 1.87. The molecule has 0 atom stereocenters. The zero-order valence-corrected chi connectivity index (χ0v) is 9.65. The Hall–Kier alpha value is -1.33. The summed E-state index contributed by atoms with van der Waals surface area (Å²) < 4.78 is 0. The largest absolute Gasteiger partial charge is 0.488 e. The number of fused-ring (bicyclic) bond motifs is 1. The van der Waals surface area contributed by atoms with Crippen LogP contribution in [-0.4, -0.2) is 27.4 Å². The molecule has 1 aromatic carbocycles. The van der Waals surface area contributed by atoms with Crippen molar-refractivity contribution < 1.29 is 10.0 Å². The summed E-state index contributed by atoms with van der Waals surface area (Å²) in [7, 11) is -1.46. The summed E-state index contributed by atoms with van der Waals surface area (Å²) in [5.74, 6) is 0. The lowest BCUT2D eigenvalue weighted by atomic mass is 9.70. The normalized spacial score (nSPS) is 12.1. The second-order valence-electron chi connectivity index (χ2n) is 5.02. The molecule has 1 heterocycles. The van der Waals surface area contributed by atoms with Crippen molar-refractivity contribution in [2.24, 2.45) is 0 Å². The Labute approximate surface area is 94.5 Å². The van der Waals surface area contributed by atoms with E-state index in [4.69, 9.17) is 0 Å². The second kappa shape index (κ2) is 3.61. The third-order valence-corrected chi connectivity index (χ3v) is 2.70. The standard InChI is InChI=1S/C11H15BN2O2/c1-11(2,3)8-4-7-6-13-14-10(7)5-9(8)12(15)16/h4-6,15-16H,1-3H3,(H,13,14). The first-order valence-electron chi connectivity index (χ1n) is 5.23. The number of nitrogens with zero attached hydrogens (tertiary/aromatic N) is 1. The summed E-state index contributed by atoms with van der Waals surface area (Å²) in [4.78, 5) is 0. The SMILES string of the molecule is CC(C)(C)c1cc2cn[nH]c2cc1B(O)O. The van der Waals surface area contributed by atoms with Crippen LogP contribution in [0.25, 0.3) is 10.9 Å². The van der Waals surface area contributed by atoms with Gasteiger partial charge in [-0.3, -0.25) is 5.10 Å². The van der Waals surface area contributed by atoms with Crippen LogP contribution in [0, 0.1) is 0 Å². The number of aromatic nitrogens is 2. The molecule has 16 heavy (non-hydrogen) atoms. The van der Waals surface area contributed by atoms with E-state index in [2.05, 4.69) is 10.2 Å². The molecule has 0 aliphatic carbocycles. The van der Waals surface area contributed by atoms with Crippen molar-refractivity contribution in [3.05, 3.63) is 23.9 Å². The lowest BCUT2D eigenvalue weighted by Crippen LogP contribution is -2.37. The molecule has 4 nitrogen and oxygen atoms in total. The Bertz CT molecular complexity index is 514. The molecule has 0 saturated carbocycles. The van der Waals surface area contributed by atoms with Crippen molar-refractivity contribution in [2.45, 2.75) is 26.2 Å². The Kier molecular flexibility index (Phi) is 2.52. The smallest absolute Gasteiger partial charge is 0.423 e. The second-order valence-corrected chi connectivity index (χ2v) is 5.02. The molecule has 2 aromatic rings. The van der Waals surface area contributed by atoms with Crippen molar-refractivity contribution in [3.63, 3.8) is 0 Å². The van der Waals surface area contributed by atoms with E-state index in [0.29, 0.717) is 5.46 Å². The summed E-state index contributed by atoms with van der Waals surface area (Å²) in [6.07, 6.45) is 1.73. The average molecular weight is 218 g/mol. The van der Waals surface area contributed by atoms with E-state index in [1.54, 1.807) is 12.3 Å². The summed E-state index contributed by atoms with van der Waals surface area (Å²) in [5.41, 5.74) is 2.14. The minimum absolute atomic E-state index is 0.134. The maximum absolute atomic E-state index is 9.39. The Morgan fingerprint density at radius 3 is 2.50 bits per heavy atom. The van der Waals surface area contributed by atoms with Gasteiger partial charge in [0.25, 0.3) is 0 Å². The Balaban J connectivity index is 2.72. The van der Waals surface area contributed by atoms with Gasteiger partial charge in [-0.2, -0.15) is 5.10 Å². The van der Waals surface area contributed by atoms with E-state index < -0.39 is 7.12 Å². The minimum atomic E-state index is -1.46. The van der Waals surface area contributed by atoms with Crippen LogP contribution in [0.3, 0.4) is 0 Å². The first-order chi connectivity index (χ1) is 7.39. The third kappa shape index (κ3) is 1.84. The number of hydrogen-bond acceptors (Lipinski definition) is 3. The van der Waals surface area contributed by atoms with Crippen LogP contribution in [0.4, 0.5) is 0 Å². The van der Waals surface area contributed by atoms with Crippen LogP contribution in [0.2, 0.25) is 0 Å². The molecule has 2 rings (SSSR count). The molecule has 0 radical (unpaired) electrons. The highest BCUT2D eigenvalue weighted by Crippen LogP contribution is 2.24. The zero-order valence-electron chi connectivity index (χ0n) is 9.65. The summed E-state index contributed by atoms with van der Waals surface area (Å²) in [6.45, 7) is 6.13. The molecule has 5 heteroatoms. The van der Waals surface area contributed by atoms with Crippen molar-refractivity contribution in [2.75, 3.05) is 0 Å². The first kappa shape index (κ1) is 11.2. The number of rotatable bonds is 1. The highest BCUT2D eigenvalue weighted by atomic mass is 16.4. The lowest BCUT2D eigenvalue weighted by molar-refractivity contribution is 0.424. The summed E-state index contributed by atoms with van der Waals surface area (Å²) in [5, 5.41) is 26.5. The van der Waals surface area contributed by atoms with Gasteiger partial charge in [-0.05, 0) is 28.6 Å². The van der Waals surface area contributed by atoms with Gasteiger partial charge < -0.3 is 10.0 Å². The fraction of sp³-hybridized carbons (Fsp3) is 0.364. The van der Waals surface area contributed by atoms with Crippen molar-refractivity contribution in [1.29, 1.82) is 0 Å². The topological polar surface area (TPSA) is 69.1 Å². The van der Waals surface area contributed by atoms with E-state index >= 15 is 0 Å². The zero-order chi connectivity index (χ0) is 11.9. The third-order valence-electron chi connectivity index (χ3n) is 2.70. The molecule has 0 spiro atoms. The van der Waals surface area contributed by atoms with Gasteiger partial charge in [0.1, 0.15) is 0 Å². The predicted octanol–water partition coefficient (Wildman–Crippen LogP) is 0.540. The fourth-order valence-corrected chi connectivity index (χ4v) is 1.87. The monoisotopic (exact) mass is 218 g/mol. The van der Waals surface area contributed by atoms with E-state index in [0.717, 1.165) is 16.5 Å². The van der Waals surface area contributed by atoms with Gasteiger partial charge in [0.15, 0.2) is 0 Å². The van der Waals surface area contributed by atoms with Crippen molar-refractivity contribution >= 4 is 23.5 Å². The van der Waals surface area contributed by atoms with Gasteiger partial charge in [-0.25, -0.2) is 0 Å². The average Bonchev–Trinajstić information content (AvgIpc) is 2.60. The maximum atomic E-state index is 9.39. The minimum Gasteiger partial charge on any atom is -0.423 e. The molecule has 0 saturated heterocycles. The quantitative estimate of drug-likeness (QED) is 0.612. The molecule has 0 aliphatic heterocycles. The molecule has 3 N–H and O–H groups in total. The molecule has 84 valence electrons. The van der Waals surface area contributed by atoms with E-state index in [9.17, 15) is 10.0 Å².